The summed E-state index contributed by atoms with van der Waals surface area (Å²) in [7, 11) is 0. The lowest BCUT2D eigenvalue weighted by Crippen LogP contribution is -2.25. The minimum atomic E-state index is 0.897. The summed E-state index contributed by atoms with van der Waals surface area (Å²) in [4.78, 5) is 6.88. The van der Waals surface area contributed by atoms with Crippen LogP contribution in [0.5, 0.6) is 0 Å². The molecule has 3 heterocycles. The molecule has 2 aliphatic heterocycles. The highest BCUT2D eigenvalue weighted by molar-refractivity contribution is 7.07. The zero-order valence-corrected chi connectivity index (χ0v) is 8.96. The number of fused-ring (bicyclic) bond motifs is 1. The van der Waals surface area contributed by atoms with E-state index in [1.807, 2.05) is 5.51 Å². The zero-order chi connectivity index (χ0) is 9.38. The second kappa shape index (κ2) is 3.61. The van der Waals surface area contributed by atoms with Crippen molar-refractivity contribution in [1.82, 2.24) is 15.2 Å². The highest BCUT2D eigenvalue weighted by Crippen LogP contribution is 2.27. The van der Waals surface area contributed by atoms with Crippen LogP contribution in [0, 0.1) is 11.8 Å². The number of rotatable bonds is 2. The zero-order valence-electron chi connectivity index (χ0n) is 8.15. The van der Waals surface area contributed by atoms with E-state index in [1.54, 1.807) is 11.3 Å². The van der Waals surface area contributed by atoms with Crippen LogP contribution in [-0.4, -0.2) is 36.1 Å². The monoisotopic (exact) mass is 209 g/mol. The van der Waals surface area contributed by atoms with Gasteiger partial charge in [-0.2, -0.15) is 0 Å². The van der Waals surface area contributed by atoms with Crippen molar-refractivity contribution in [2.75, 3.05) is 26.2 Å². The normalized spacial score (nSPS) is 32.3. The number of aromatic nitrogens is 1. The Morgan fingerprint density at radius 3 is 2.86 bits per heavy atom. The first-order valence-corrected chi connectivity index (χ1v) is 6.16. The largest absolute Gasteiger partial charge is 0.316 e. The Kier molecular flexibility index (Phi) is 2.27. The summed E-state index contributed by atoms with van der Waals surface area (Å²) in [6.07, 6.45) is 0. The van der Waals surface area contributed by atoms with E-state index in [4.69, 9.17) is 0 Å². The average Bonchev–Trinajstić information content (AvgIpc) is 2.78. The van der Waals surface area contributed by atoms with Crippen molar-refractivity contribution in [3.63, 3.8) is 0 Å². The van der Waals surface area contributed by atoms with Crippen LogP contribution < -0.4 is 5.32 Å². The fourth-order valence-corrected chi connectivity index (χ4v) is 3.18. The van der Waals surface area contributed by atoms with Crippen LogP contribution in [0.3, 0.4) is 0 Å². The van der Waals surface area contributed by atoms with Gasteiger partial charge in [-0.25, -0.2) is 4.98 Å². The molecule has 1 aromatic heterocycles. The fourth-order valence-electron chi connectivity index (χ4n) is 2.63. The molecular formula is C10H15N3S. The summed E-state index contributed by atoms with van der Waals surface area (Å²) in [5, 5.41) is 5.62. The molecule has 3 nitrogen and oxygen atoms in total. The SMILES string of the molecule is c1nc(CN2C[C@H]3CNC[C@H]3C2)cs1. The molecule has 2 aliphatic rings. The molecule has 0 aliphatic carbocycles. The van der Waals surface area contributed by atoms with Gasteiger partial charge in [-0.1, -0.05) is 0 Å². The number of hydrogen-bond donors (Lipinski definition) is 1. The molecule has 0 aromatic carbocycles. The Morgan fingerprint density at radius 1 is 1.43 bits per heavy atom. The maximum Gasteiger partial charge on any atom is 0.0795 e. The summed E-state index contributed by atoms with van der Waals surface area (Å²) in [6.45, 7) is 6.01. The molecule has 1 N–H and O–H groups in total. The fraction of sp³-hybridized carbons (Fsp3) is 0.700. The van der Waals surface area contributed by atoms with Crippen molar-refractivity contribution >= 4 is 11.3 Å². The van der Waals surface area contributed by atoms with Gasteiger partial charge in [0, 0.05) is 25.0 Å². The average molecular weight is 209 g/mol. The van der Waals surface area contributed by atoms with E-state index in [1.165, 1.54) is 31.9 Å². The molecule has 0 amide bonds. The van der Waals surface area contributed by atoms with E-state index in [0.29, 0.717) is 0 Å². The smallest absolute Gasteiger partial charge is 0.0795 e. The number of thiazole rings is 1. The lowest BCUT2D eigenvalue weighted by atomic mass is 10.0. The topological polar surface area (TPSA) is 28.2 Å². The number of nitrogens with one attached hydrogen (secondary N) is 1. The summed E-state index contributed by atoms with van der Waals surface area (Å²) >= 11 is 1.69. The number of likely N-dealkylation sites (tertiary alicyclic amines) is 1. The van der Waals surface area contributed by atoms with Crippen molar-refractivity contribution in [1.29, 1.82) is 0 Å². The van der Waals surface area contributed by atoms with Gasteiger partial charge in [0.2, 0.25) is 0 Å². The molecule has 76 valence electrons. The van der Waals surface area contributed by atoms with E-state index < -0.39 is 0 Å². The van der Waals surface area contributed by atoms with Gasteiger partial charge < -0.3 is 5.32 Å². The highest BCUT2D eigenvalue weighted by Gasteiger charge is 2.35. The van der Waals surface area contributed by atoms with Crippen LogP contribution in [0.1, 0.15) is 5.69 Å². The molecule has 0 unspecified atom stereocenters. The third-order valence-electron chi connectivity index (χ3n) is 3.33. The Bertz CT molecular complexity index is 286. The third kappa shape index (κ3) is 1.58. The standard InChI is InChI=1S/C10H15N3S/c1-8-3-13(4-9(8)2-11-1)5-10-6-14-7-12-10/h6-9,11H,1-5H2/t8-,9+. The first-order valence-electron chi connectivity index (χ1n) is 5.22. The van der Waals surface area contributed by atoms with E-state index in [0.717, 1.165) is 18.4 Å². The minimum Gasteiger partial charge on any atom is -0.316 e. The molecule has 2 atom stereocenters. The molecule has 3 rings (SSSR count). The Hall–Kier alpha value is -0.450. The summed E-state index contributed by atoms with van der Waals surface area (Å²) in [5.41, 5.74) is 3.16. The van der Waals surface area contributed by atoms with E-state index in [2.05, 4.69) is 20.6 Å². The van der Waals surface area contributed by atoms with Gasteiger partial charge in [-0.3, -0.25) is 4.90 Å². The lowest BCUT2D eigenvalue weighted by molar-refractivity contribution is 0.302. The minimum absolute atomic E-state index is 0.897. The quantitative estimate of drug-likeness (QED) is 0.780. The van der Waals surface area contributed by atoms with Crippen LogP contribution in [0.25, 0.3) is 0 Å². The van der Waals surface area contributed by atoms with Crippen LogP contribution in [-0.2, 0) is 6.54 Å². The Morgan fingerprint density at radius 2 is 2.21 bits per heavy atom. The molecule has 2 saturated heterocycles. The molecule has 4 heteroatoms. The molecule has 0 bridgehead atoms. The van der Waals surface area contributed by atoms with Crippen LogP contribution in [0.4, 0.5) is 0 Å². The molecule has 0 saturated carbocycles. The van der Waals surface area contributed by atoms with Gasteiger partial charge in [0.25, 0.3) is 0 Å². The molecule has 2 fully saturated rings. The number of hydrogen-bond acceptors (Lipinski definition) is 4. The van der Waals surface area contributed by atoms with Crippen molar-refractivity contribution in [3.05, 3.63) is 16.6 Å². The third-order valence-corrected chi connectivity index (χ3v) is 3.97. The second-order valence-corrected chi connectivity index (χ2v) is 5.07. The highest BCUT2D eigenvalue weighted by atomic mass is 32.1. The Balaban J connectivity index is 1.61. The number of nitrogens with zero attached hydrogens (tertiary/aromatic N) is 2. The van der Waals surface area contributed by atoms with E-state index in [-0.39, 0.29) is 0 Å². The van der Waals surface area contributed by atoms with Crippen molar-refractivity contribution < 1.29 is 0 Å². The molecular weight excluding hydrogens is 194 g/mol. The van der Waals surface area contributed by atoms with Crippen LogP contribution >= 0.6 is 11.3 Å². The maximum absolute atomic E-state index is 4.33. The first-order chi connectivity index (χ1) is 6.92. The van der Waals surface area contributed by atoms with Gasteiger partial charge >= 0.3 is 0 Å². The molecule has 14 heavy (non-hydrogen) atoms. The predicted octanol–water partition coefficient (Wildman–Crippen LogP) is 0.794. The summed E-state index contributed by atoms with van der Waals surface area (Å²) < 4.78 is 0. The van der Waals surface area contributed by atoms with E-state index in [9.17, 15) is 0 Å². The lowest BCUT2D eigenvalue weighted by Gasteiger charge is -2.14. The van der Waals surface area contributed by atoms with Crippen molar-refractivity contribution in [2.45, 2.75) is 6.54 Å². The summed E-state index contributed by atoms with van der Waals surface area (Å²) in [6, 6.07) is 0. The van der Waals surface area contributed by atoms with Crippen LogP contribution in [0.2, 0.25) is 0 Å². The maximum atomic E-state index is 4.33. The Labute approximate surface area is 88.1 Å². The van der Waals surface area contributed by atoms with Crippen LogP contribution in [0.15, 0.2) is 10.9 Å². The summed E-state index contributed by atoms with van der Waals surface area (Å²) in [5.74, 6) is 1.79. The van der Waals surface area contributed by atoms with E-state index >= 15 is 0 Å². The molecule has 0 spiro atoms. The van der Waals surface area contributed by atoms with Gasteiger partial charge in [-0.15, -0.1) is 11.3 Å². The van der Waals surface area contributed by atoms with Crippen molar-refractivity contribution in [2.24, 2.45) is 11.8 Å². The molecule has 0 radical (unpaired) electrons. The second-order valence-electron chi connectivity index (χ2n) is 4.35. The first kappa shape index (κ1) is 8.83. The van der Waals surface area contributed by atoms with Gasteiger partial charge in [-0.05, 0) is 24.9 Å². The van der Waals surface area contributed by atoms with Gasteiger partial charge in [0.1, 0.15) is 0 Å². The van der Waals surface area contributed by atoms with Gasteiger partial charge in [0.05, 0.1) is 11.2 Å². The van der Waals surface area contributed by atoms with Crippen molar-refractivity contribution in [3.8, 4) is 0 Å². The predicted molar refractivity (Wildman–Crippen MR) is 57.2 cm³/mol. The molecule has 1 aromatic rings. The van der Waals surface area contributed by atoms with Gasteiger partial charge in [0.15, 0.2) is 0 Å².